The largest absolute Gasteiger partial charge is 0.231 e. The molecule has 0 aromatic carbocycles. The molecule has 0 bridgehead atoms. The highest BCUT2D eigenvalue weighted by Gasteiger charge is 2.35. The predicted molar refractivity (Wildman–Crippen MR) is 46.6 cm³/mol. The van der Waals surface area contributed by atoms with E-state index in [1.165, 1.54) is 28.2 Å². The Labute approximate surface area is 72.2 Å². The molecule has 0 saturated heterocycles. The quantitative estimate of drug-likeness (QED) is 0.381. The molecular weight excluding hydrogens is 184 g/mol. The Morgan fingerprint density at radius 3 is 1.42 bits per heavy atom. The molecule has 0 aliphatic carbocycles. The minimum atomic E-state index is -3.93. The Morgan fingerprint density at radius 2 is 1.25 bits per heavy atom. The van der Waals surface area contributed by atoms with Crippen LogP contribution in [0.15, 0.2) is 0 Å². The van der Waals surface area contributed by atoms with Gasteiger partial charge >= 0.3 is 0 Å². The van der Waals surface area contributed by atoms with Crippen molar-refractivity contribution >= 4 is 10.00 Å². The van der Waals surface area contributed by atoms with Crippen LogP contribution in [0, 0.1) is 0 Å². The van der Waals surface area contributed by atoms with Gasteiger partial charge in [-0.1, -0.05) is 0 Å². The average Bonchev–Trinajstić information content (AvgIpc) is 2.06. The van der Waals surface area contributed by atoms with Crippen molar-refractivity contribution in [2.24, 2.45) is 0 Å². The maximum Gasteiger partial charge on any atom is 0.231 e. The van der Waals surface area contributed by atoms with Gasteiger partial charge in [0.25, 0.3) is 0 Å². The zero-order valence-electron chi connectivity index (χ0n) is 7.63. The Bertz CT molecular complexity index is 177. The van der Waals surface area contributed by atoms with Crippen molar-refractivity contribution < 1.29 is 12.8 Å². The Balaban J connectivity index is 4.63. The summed E-state index contributed by atoms with van der Waals surface area (Å²) in [7, 11) is 1.90. The highest BCUT2D eigenvalue weighted by Crippen LogP contribution is 2.14. The molecule has 0 saturated carbocycles. The summed E-state index contributed by atoms with van der Waals surface area (Å²) in [5.41, 5.74) is 4.56. The molecule has 12 heavy (non-hydrogen) atoms. The van der Waals surface area contributed by atoms with Gasteiger partial charge in [0.05, 0.1) is 0 Å². The zero-order chi connectivity index (χ0) is 9.69. The van der Waals surface area contributed by atoms with Crippen molar-refractivity contribution in [3.8, 4) is 0 Å². The van der Waals surface area contributed by atoms with E-state index < -0.39 is 10.00 Å². The summed E-state index contributed by atoms with van der Waals surface area (Å²) in [4.78, 5) is 0. The Hall–Kier alpha value is -0.0900. The number of hydroxylamine groups is 2. The summed E-state index contributed by atoms with van der Waals surface area (Å²) in [6.07, 6.45) is 0. The van der Waals surface area contributed by atoms with Crippen LogP contribution >= 0.6 is 0 Å². The van der Waals surface area contributed by atoms with Gasteiger partial charge in [-0.2, -0.15) is 23.7 Å². The van der Waals surface area contributed by atoms with E-state index in [0.717, 1.165) is 0 Å². The molecular formula is C4H16N4O3S. The van der Waals surface area contributed by atoms with Crippen LogP contribution in [-0.2, 0) is 18.6 Å². The molecule has 0 rings (SSSR count). The summed E-state index contributed by atoms with van der Waals surface area (Å²) in [6, 6.07) is 0. The lowest BCUT2D eigenvalue weighted by atomic mass is 11.6. The van der Waals surface area contributed by atoms with Crippen LogP contribution in [0.3, 0.4) is 0 Å². The van der Waals surface area contributed by atoms with Gasteiger partial charge in [-0.3, -0.25) is 0 Å². The lowest BCUT2D eigenvalue weighted by Gasteiger charge is -2.37. The molecule has 0 atom stereocenters. The van der Waals surface area contributed by atoms with Gasteiger partial charge in [0.15, 0.2) is 0 Å². The fourth-order valence-electron chi connectivity index (χ4n) is 0.588. The van der Waals surface area contributed by atoms with Gasteiger partial charge in [0.2, 0.25) is 10.00 Å². The molecule has 8 heteroatoms. The molecule has 0 radical (unpaired) electrons. The van der Waals surface area contributed by atoms with Crippen molar-refractivity contribution in [3.05, 3.63) is 0 Å². The van der Waals surface area contributed by atoms with E-state index in [-0.39, 0.29) is 0 Å². The van der Waals surface area contributed by atoms with E-state index in [1.54, 1.807) is 0 Å². The third-order valence-corrected chi connectivity index (χ3v) is 3.52. The molecule has 0 fully saturated rings. The second-order valence-electron chi connectivity index (χ2n) is 1.79. The number of rotatable bonds is 6. The summed E-state index contributed by atoms with van der Waals surface area (Å²) in [6.45, 7) is 0. The van der Waals surface area contributed by atoms with Crippen LogP contribution in [0.4, 0.5) is 0 Å². The molecule has 0 spiro atoms. The zero-order valence-corrected chi connectivity index (χ0v) is 8.45. The lowest BCUT2D eigenvalue weighted by Crippen LogP contribution is -2.62. The molecule has 76 valence electrons. The normalized spacial score (nSPS) is 15.5. The van der Waals surface area contributed by atoms with Gasteiger partial charge in [-0.25, -0.2) is 9.44 Å². The first-order chi connectivity index (χ1) is 5.54. The lowest BCUT2D eigenvalue weighted by molar-refractivity contribution is 0.115. The molecule has 0 aromatic rings. The van der Waals surface area contributed by atoms with Crippen molar-refractivity contribution in [2.75, 3.05) is 28.2 Å². The standard InChI is InChI=1S/C4H16N4O3S/c1-5-10-12(9,7-3,8-4)11-6-2/h5-6H,1-4H3,(H2,7,8,9). The second kappa shape index (κ2) is 4.23. The van der Waals surface area contributed by atoms with E-state index in [1.807, 2.05) is 0 Å². The Morgan fingerprint density at radius 1 is 0.917 bits per heavy atom. The van der Waals surface area contributed by atoms with E-state index in [2.05, 4.69) is 20.4 Å². The monoisotopic (exact) mass is 200 g/mol. The molecule has 0 unspecified atom stereocenters. The van der Waals surface area contributed by atoms with E-state index in [4.69, 9.17) is 8.57 Å². The highest BCUT2D eigenvalue weighted by molar-refractivity contribution is 8.08. The third-order valence-electron chi connectivity index (χ3n) is 1.17. The highest BCUT2D eigenvalue weighted by atomic mass is 32.3. The van der Waals surface area contributed by atoms with Crippen molar-refractivity contribution in [1.82, 2.24) is 20.4 Å². The molecule has 0 heterocycles. The maximum atomic E-state index is 11.9. The van der Waals surface area contributed by atoms with Crippen LogP contribution in [0.5, 0.6) is 0 Å². The summed E-state index contributed by atoms with van der Waals surface area (Å²) in [5.74, 6) is 0. The minimum absolute atomic E-state index is 1.44. The molecule has 0 aromatic heterocycles. The smallest absolute Gasteiger partial charge is 0.206 e. The van der Waals surface area contributed by atoms with E-state index >= 15 is 0 Å². The summed E-state index contributed by atoms with van der Waals surface area (Å²) < 4.78 is 26.3. The number of hydrogen-bond acceptors (Lipinski definition) is 5. The van der Waals surface area contributed by atoms with E-state index in [0.29, 0.717) is 0 Å². The van der Waals surface area contributed by atoms with E-state index in [9.17, 15) is 4.21 Å². The van der Waals surface area contributed by atoms with Crippen LogP contribution in [-0.4, -0.2) is 32.4 Å². The molecule has 0 aliphatic heterocycles. The van der Waals surface area contributed by atoms with Gasteiger partial charge < -0.3 is 0 Å². The first-order valence-corrected chi connectivity index (χ1v) is 5.13. The molecule has 0 amide bonds. The molecule has 4 N–H and O–H groups in total. The van der Waals surface area contributed by atoms with Crippen LogP contribution in [0.1, 0.15) is 0 Å². The van der Waals surface area contributed by atoms with Crippen molar-refractivity contribution in [3.63, 3.8) is 0 Å². The maximum absolute atomic E-state index is 11.9. The number of hydrogen-bond donors (Lipinski definition) is 4. The second-order valence-corrected chi connectivity index (χ2v) is 4.55. The van der Waals surface area contributed by atoms with Crippen molar-refractivity contribution in [1.29, 1.82) is 0 Å². The van der Waals surface area contributed by atoms with Crippen LogP contribution in [0.25, 0.3) is 0 Å². The summed E-state index contributed by atoms with van der Waals surface area (Å²) >= 11 is 0. The van der Waals surface area contributed by atoms with Crippen LogP contribution in [0.2, 0.25) is 0 Å². The van der Waals surface area contributed by atoms with Crippen LogP contribution < -0.4 is 20.4 Å². The average molecular weight is 200 g/mol. The van der Waals surface area contributed by atoms with Gasteiger partial charge in [-0.15, -0.1) is 0 Å². The summed E-state index contributed by atoms with van der Waals surface area (Å²) in [5, 5.41) is 0. The fourth-order valence-corrected chi connectivity index (χ4v) is 1.77. The first kappa shape index (κ1) is 11.9. The minimum Gasteiger partial charge on any atom is -0.206 e. The number of nitrogens with one attached hydrogen (secondary N) is 4. The topological polar surface area (TPSA) is 83.7 Å². The van der Waals surface area contributed by atoms with Gasteiger partial charge in [-0.05, 0) is 0 Å². The van der Waals surface area contributed by atoms with Gasteiger partial charge in [0.1, 0.15) is 0 Å². The predicted octanol–water partition coefficient (Wildman–Crippen LogP) is -1.79. The first-order valence-electron chi connectivity index (χ1n) is 3.32. The fraction of sp³-hybridized carbons (Fsp3) is 1.00. The third kappa shape index (κ3) is 2.45. The molecule has 7 nitrogen and oxygen atoms in total. The SMILES string of the molecule is CNOS(=O)(NC)(NC)ONC. The van der Waals surface area contributed by atoms with Gasteiger partial charge in [0, 0.05) is 28.2 Å². The Kier molecular flexibility index (Phi) is 4.20. The van der Waals surface area contributed by atoms with Crippen molar-refractivity contribution in [2.45, 2.75) is 0 Å². The molecule has 0 aliphatic rings.